The maximum Gasteiger partial charge on any atom is 0.321 e. The summed E-state index contributed by atoms with van der Waals surface area (Å²) in [6, 6.07) is 15.5. The molecule has 27 heavy (non-hydrogen) atoms. The zero-order valence-corrected chi connectivity index (χ0v) is 15.4. The molecule has 0 saturated heterocycles. The largest absolute Gasteiger partial charge is 0.486 e. The molecule has 4 rings (SSSR count). The molecule has 3 aromatic rings. The minimum Gasteiger partial charge on any atom is -0.486 e. The second-order valence-corrected chi connectivity index (χ2v) is 6.87. The number of benzene rings is 2. The molecule has 1 aliphatic rings. The Morgan fingerprint density at radius 3 is 2.74 bits per heavy atom. The van der Waals surface area contributed by atoms with E-state index in [1.807, 2.05) is 53.9 Å². The van der Waals surface area contributed by atoms with Crippen LogP contribution in [0.3, 0.4) is 0 Å². The van der Waals surface area contributed by atoms with E-state index in [2.05, 4.69) is 15.6 Å². The van der Waals surface area contributed by atoms with Gasteiger partial charge in [0.05, 0.1) is 5.69 Å². The predicted molar refractivity (Wildman–Crippen MR) is 106 cm³/mol. The van der Waals surface area contributed by atoms with Gasteiger partial charge in [0, 0.05) is 17.5 Å². The number of nitrogens with zero attached hydrogens (tertiary/aromatic N) is 1. The number of hydrogen-bond donors (Lipinski definition) is 2. The molecule has 7 heteroatoms. The second kappa shape index (κ2) is 8.09. The van der Waals surface area contributed by atoms with Gasteiger partial charge in [0.1, 0.15) is 13.2 Å². The summed E-state index contributed by atoms with van der Waals surface area (Å²) in [6.07, 6.45) is 0.786. The number of urea groups is 1. The van der Waals surface area contributed by atoms with Crippen LogP contribution in [-0.4, -0.2) is 30.8 Å². The van der Waals surface area contributed by atoms with Crippen molar-refractivity contribution in [3.63, 3.8) is 0 Å². The van der Waals surface area contributed by atoms with Crippen molar-refractivity contribution in [2.24, 2.45) is 0 Å². The number of amides is 2. The third-order valence-electron chi connectivity index (χ3n) is 4.10. The van der Waals surface area contributed by atoms with E-state index in [1.54, 1.807) is 0 Å². The van der Waals surface area contributed by atoms with Crippen molar-refractivity contribution in [1.29, 1.82) is 0 Å². The van der Waals surface area contributed by atoms with Crippen molar-refractivity contribution in [3.05, 3.63) is 59.5 Å². The molecule has 2 heterocycles. The van der Waals surface area contributed by atoms with Gasteiger partial charge in [-0.1, -0.05) is 30.3 Å². The SMILES string of the molecule is O=C(NCCc1ccccc1)Nc1nc(-c2ccc3c(c2)OCCO3)cs1. The van der Waals surface area contributed by atoms with Gasteiger partial charge in [0.25, 0.3) is 0 Å². The summed E-state index contributed by atoms with van der Waals surface area (Å²) in [4.78, 5) is 16.5. The predicted octanol–water partition coefficient (Wildman–Crippen LogP) is 3.95. The maximum atomic E-state index is 12.0. The molecule has 0 radical (unpaired) electrons. The fourth-order valence-electron chi connectivity index (χ4n) is 2.77. The number of aromatic nitrogens is 1. The Kier molecular flexibility index (Phi) is 5.20. The highest BCUT2D eigenvalue weighted by atomic mass is 32.1. The molecule has 1 aromatic heterocycles. The molecule has 0 saturated carbocycles. The molecular formula is C20H19N3O3S. The standard InChI is InChI=1S/C20H19N3O3S/c24-19(21-9-8-14-4-2-1-3-5-14)23-20-22-16(13-27-20)15-6-7-17-18(12-15)26-11-10-25-17/h1-7,12-13H,8-11H2,(H2,21,22,23,24). The molecule has 1 aliphatic heterocycles. The highest BCUT2D eigenvalue weighted by Gasteiger charge is 2.14. The average Bonchev–Trinajstić information content (AvgIpc) is 3.17. The summed E-state index contributed by atoms with van der Waals surface area (Å²) in [5.74, 6) is 1.47. The maximum absolute atomic E-state index is 12.0. The van der Waals surface area contributed by atoms with E-state index in [4.69, 9.17) is 9.47 Å². The van der Waals surface area contributed by atoms with Gasteiger partial charge in [-0.3, -0.25) is 5.32 Å². The zero-order chi connectivity index (χ0) is 18.5. The molecule has 6 nitrogen and oxygen atoms in total. The number of thiazole rings is 1. The Balaban J connectivity index is 1.33. The van der Waals surface area contributed by atoms with Gasteiger partial charge < -0.3 is 14.8 Å². The van der Waals surface area contributed by atoms with Gasteiger partial charge in [-0.25, -0.2) is 9.78 Å². The third kappa shape index (κ3) is 4.38. The summed E-state index contributed by atoms with van der Waals surface area (Å²) >= 11 is 1.38. The minimum absolute atomic E-state index is 0.256. The van der Waals surface area contributed by atoms with Crippen LogP contribution in [0.15, 0.2) is 53.9 Å². The molecule has 2 aromatic carbocycles. The Labute approximate surface area is 161 Å². The molecule has 0 bridgehead atoms. The Hall–Kier alpha value is -3.06. The van der Waals surface area contributed by atoms with Crippen molar-refractivity contribution in [1.82, 2.24) is 10.3 Å². The molecule has 0 aliphatic carbocycles. The number of fused-ring (bicyclic) bond motifs is 1. The van der Waals surface area contributed by atoms with Gasteiger partial charge in [-0.05, 0) is 30.2 Å². The number of rotatable bonds is 5. The van der Waals surface area contributed by atoms with Crippen LogP contribution in [0.1, 0.15) is 5.56 Å². The zero-order valence-electron chi connectivity index (χ0n) is 14.6. The summed E-state index contributed by atoms with van der Waals surface area (Å²) in [6.45, 7) is 1.68. The molecule has 0 fully saturated rings. The van der Waals surface area contributed by atoms with E-state index >= 15 is 0 Å². The fourth-order valence-corrected chi connectivity index (χ4v) is 3.49. The molecule has 0 atom stereocenters. The van der Waals surface area contributed by atoms with Crippen molar-refractivity contribution >= 4 is 22.5 Å². The van der Waals surface area contributed by atoms with Crippen LogP contribution in [0.25, 0.3) is 11.3 Å². The van der Waals surface area contributed by atoms with Gasteiger partial charge in [0.2, 0.25) is 0 Å². The molecule has 2 amide bonds. The Morgan fingerprint density at radius 2 is 1.89 bits per heavy atom. The van der Waals surface area contributed by atoms with Crippen LogP contribution >= 0.6 is 11.3 Å². The van der Waals surface area contributed by atoms with Gasteiger partial charge in [-0.2, -0.15) is 0 Å². The number of carbonyl (C=O) groups is 1. The van der Waals surface area contributed by atoms with Crippen LogP contribution < -0.4 is 20.1 Å². The first-order valence-corrected chi connectivity index (χ1v) is 9.60. The number of nitrogens with one attached hydrogen (secondary N) is 2. The third-order valence-corrected chi connectivity index (χ3v) is 4.86. The van der Waals surface area contributed by atoms with Crippen LogP contribution in [0.5, 0.6) is 11.5 Å². The Morgan fingerprint density at radius 1 is 1.07 bits per heavy atom. The quantitative estimate of drug-likeness (QED) is 0.702. The van der Waals surface area contributed by atoms with E-state index in [0.29, 0.717) is 24.9 Å². The van der Waals surface area contributed by atoms with Gasteiger partial charge in [0.15, 0.2) is 16.6 Å². The molecule has 0 spiro atoms. The first-order valence-electron chi connectivity index (χ1n) is 8.72. The highest BCUT2D eigenvalue weighted by molar-refractivity contribution is 7.14. The van der Waals surface area contributed by atoms with Crippen molar-refractivity contribution in [2.45, 2.75) is 6.42 Å². The normalized spacial score (nSPS) is 12.4. The summed E-state index contributed by atoms with van der Waals surface area (Å²) in [5.41, 5.74) is 2.90. The molecule has 2 N–H and O–H groups in total. The molecule has 0 unspecified atom stereocenters. The van der Waals surface area contributed by atoms with Crippen LogP contribution in [0, 0.1) is 0 Å². The topological polar surface area (TPSA) is 72.5 Å². The van der Waals surface area contributed by atoms with Gasteiger partial charge in [-0.15, -0.1) is 11.3 Å². The molecular weight excluding hydrogens is 362 g/mol. The van der Waals surface area contributed by atoms with Crippen molar-refractivity contribution in [2.75, 3.05) is 25.1 Å². The van der Waals surface area contributed by atoms with E-state index < -0.39 is 0 Å². The lowest BCUT2D eigenvalue weighted by Gasteiger charge is -2.18. The summed E-state index contributed by atoms with van der Waals surface area (Å²) < 4.78 is 11.1. The van der Waals surface area contributed by atoms with Crippen LogP contribution in [-0.2, 0) is 6.42 Å². The van der Waals surface area contributed by atoms with E-state index in [1.165, 1.54) is 16.9 Å². The summed E-state index contributed by atoms with van der Waals surface area (Å²) in [7, 11) is 0. The van der Waals surface area contributed by atoms with Crippen LogP contribution in [0.4, 0.5) is 9.93 Å². The minimum atomic E-state index is -0.256. The van der Waals surface area contributed by atoms with E-state index in [9.17, 15) is 4.79 Å². The van der Waals surface area contributed by atoms with E-state index in [-0.39, 0.29) is 6.03 Å². The number of hydrogen-bond acceptors (Lipinski definition) is 5. The average molecular weight is 381 g/mol. The fraction of sp³-hybridized carbons (Fsp3) is 0.200. The first kappa shape index (κ1) is 17.4. The highest BCUT2D eigenvalue weighted by Crippen LogP contribution is 2.35. The lowest BCUT2D eigenvalue weighted by molar-refractivity contribution is 0.171. The lowest BCUT2D eigenvalue weighted by Crippen LogP contribution is -2.30. The lowest BCUT2D eigenvalue weighted by atomic mass is 10.1. The number of carbonyl (C=O) groups excluding carboxylic acids is 1. The first-order chi connectivity index (χ1) is 13.3. The van der Waals surface area contributed by atoms with Crippen molar-refractivity contribution in [3.8, 4) is 22.8 Å². The molecule has 138 valence electrons. The Bertz CT molecular complexity index is 927. The van der Waals surface area contributed by atoms with Gasteiger partial charge >= 0.3 is 6.03 Å². The summed E-state index contributed by atoms with van der Waals surface area (Å²) in [5, 5.41) is 8.09. The number of anilines is 1. The van der Waals surface area contributed by atoms with Crippen molar-refractivity contribution < 1.29 is 14.3 Å². The smallest absolute Gasteiger partial charge is 0.321 e. The van der Waals surface area contributed by atoms with Crippen LogP contribution in [0.2, 0.25) is 0 Å². The van der Waals surface area contributed by atoms with E-state index in [0.717, 1.165) is 29.2 Å². The second-order valence-electron chi connectivity index (χ2n) is 6.01. The number of ether oxygens (including phenoxy) is 2. The monoisotopic (exact) mass is 381 g/mol.